The van der Waals surface area contributed by atoms with E-state index in [-0.39, 0.29) is 23.6 Å². The molecule has 5 heteroatoms. The molecule has 1 aliphatic rings. The van der Waals surface area contributed by atoms with Crippen LogP contribution in [0.15, 0.2) is 42.5 Å². The molecule has 5 nitrogen and oxygen atoms in total. The van der Waals surface area contributed by atoms with Crippen molar-refractivity contribution in [3.63, 3.8) is 0 Å². The third-order valence-electron chi connectivity index (χ3n) is 4.98. The van der Waals surface area contributed by atoms with Crippen LogP contribution in [0.25, 0.3) is 0 Å². The maximum Gasteiger partial charge on any atom is 0.253 e. The fourth-order valence-corrected chi connectivity index (χ4v) is 3.20. The van der Waals surface area contributed by atoms with Crippen molar-refractivity contribution in [3.8, 4) is 5.75 Å². The first-order valence-electron chi connectivity index (χ1n) is 8.90. The zero-order valence-electron chi connectivity index (χ0n) is 15.2. The van der Waals surface area contributed by atoms with Crippen molar-refractivity contribution in [2.45, 2.75) is 32.7 Å². The Morgan fingerprint density at radius 2 is 1.73 bits per heavy atom. The fraction of sp³-hybridized carbons (Fsp3) is 0.333. The van der Waals surface area contributed by atoms with Crippen LogP contribution in [0.1, 0.15) is 44.7 Å². The summed E-state index contributed by atoms with van der Waals surface area (Å²) in [6, 6.07) is 12.1. The van der Waals surface area contributed by atoms with Gasteiger partial charge in [-0.25, -0.2) is 0 Å². The van der Waals surface area contributed by atoms with Crippen molar-refractivity contribution in [3.05, 3.63) is 64.7 Å². The van der Waals surface area contributed by atoms with E-state index in [1.807, 2.05) is 36.9 Å². The highest BCUT2D eigenvalue weighted by molar-refractivity contribution is 5.95. The third kappa shape index (κ3) is 4.04. The standard InChI is InChI=1S/C21H24N2O3/c1-14-6-7-17(12-15(14)2)21(26)23-10-8-18(9-11-23)22-20(25)16-4-3-5-19(24)13-16/h3-7,12-13,18,24H,8-11H2,1-2H3,(H,22,25). The van der Waals surface area contributed by atoms with E-state index in [1.54, 1.807) is 12.1 Å². The van der Waals surface area contributed by atoms with Gasteiger partial charge in [0.25, 0.3) is 11.8 Å². The monoisotopic (exact) mass is 352 g/mol. The molecule has 0 atom stereocenters. The molecule has 2 amide bonds. The molecule has 2 N–H and O–H groups in total. The van der Waals surface area contributed by atoms with E-state index in [0.29, 0.717) is 18.7 Å². The number of piperidine rings is 1. The number of phenols is 1. The summed E-state index contributed by atoms with van der Waals surface area (Å²) in [7, 11) is 0. The van der Waals surface area contributed by atoms with Gasteiger partial charge in [-0.15, -0.1) is 0 Å². The first-order valence-corrected chi connectivity index (χ1v) is 8.90. The molecule has 1 saturated heterocycles. The van der Waals surface area contributed by atoms with Crippen LogP contribution in [-0.2, 0) is 0 Å². The molecule has 2 aromatic carbocycles. The number of carbonyl (C=O) groups is 2. The Kier molecular flexibility index (Phi) is 5.26. The van der Waals surface area contributed by atoms with Crippen molar-refractivity contribution >= 4 is 11.8 Å². The lowest BCUT2D eigenvalue weighted by Crippen LogP contribution is -2.46. The molecule has 0 spiro atoms. The molecule has 3 rings (SSSR count). The molecule has 0 aliphatic carbocycles. The van der Waals surface area contributed by atoms with Gasteiger partial charge in [-0.1, -0.05) is 12.1 Å². The normalized spacial score (nSPS) is 14.9. The molecule has 0 bridgehead atoms. The van der Waals surface area contributed by atoms with Crippen LogP contribution in [0.3, 0.4) is 0 Å². The van der Waals surface area contributed by atoms with Crippen LogP contribution in [0.5, 0.6) is 5.75 Å². The first kappa shape index (κ1) is 18.0. The molecule has 0 aromatic heterocycles. The zero-order chi connectivity index (χ0) is 18.7. The van der Waals surface area contributed by atoms with E-state index >= 15 is 0 Å². The van der Waals surface area contributed by atoms with E-state index in [1.165, 1.54) is 17.7 Å². The van der Waals surface area contributed by atoms with Gasteiger partial charge in [-0.3, -0.25) is 9.59 Å². The maximum atomic E-state index is 12.7. The molecule has 136 valence electrons. The van der Waals surface area contributed by atoms with Crippen molar-refractivity contribution in [1.29, 1.82) is 0 Å². The smallest absolute Gasteiger partial charge is 0.253 e. The highest BCUT2D eigenvalue weighted by Gasteiger charge is 2.25. The molecule has 26 heavy (non-hydrogen) atoms. The summed E-state index contributed by atoms with van der Waals surface area (Å²) in [6.45, 7) is 5.28. The number of phenolic OH excluding ortho intramolecular Hbond substituents is 1. The minimum Gasteiger partial charge on any atom is -0.508 e. The second-order valence-electron chi connectivity index (χ2n) is 6.89. The number of carbonyl (C=O) groups excluding carboxylic acids is 2. The van der Waals surface area contributed by atoms with E-state index in [9.17, 15) is 14.7 Å². The number of likely N-dealkylation sites (tertiary alicyclic amines) is 1. The van der Waals surface area contributed by atoms with Crippen LogP contribution < -0.4 is 5.32 Å². The Morgan fingerprint density at radius 1 is 1.00 bits per heavy atom. The highest BCUT2D eigenvalue weighted by Crippen LogP contribution is 2.17. The Hall–Kier alpha value is -2.82. The highest BCUT2D eigenvalue weighted by atomic mass is 16.3. The molecule has 0 radical (unpaired) electrons. The van der Waals surface area contributed by atoms with E-state index < -0.39 is 0 Å². The van der Waals surface area contributed by atoms with Gasteiger partial charge in [0.1, 0.15) is 5.75 Å². The van der Waals surface area contributed by atoms with Gasteiger partial charge >= 0.3 is 0 Å². The molecular formula is C21H24N2O3. The van der Waals surface area contributed by atoms with Crippen molar-refractivity contribution < 1.29 is 14.7 Å². The topological polar surface area (TPSA) is 69.6 Å². The molecule has 1 fully saturated rings. The van der Waals surface area contributed by atoms with E-state index in [0.717, 1.165) is 24.0 Å². The Bertz CT molecular complexity index is 824. The molecule has 1 heterocycles. The van der Waals surface area contributed by atoms with Crippen LogP contribution in [0, 0.1) is 13.8 Å². The molecule has 1 aliphatic heterocycles. The number of benzene rings is 2. The average Bonchev–Trinajstić information content (AvgIpc) is 2.64. The predicted octanol–water partition coefficient (Wildman–Crippen LogP) is 3.04. The van der Waals surface area contributed by atoms with Crippen LogP contribution >= 0.6 is 0 Å². The van der Waals surface area contributed by atoms with Crippen LogP contribution in [0.4, 0.5) is 0 Å². The number of amides is 2. The van der Waals surface area contributed by atoms with Gasteiger partial charge in [-0.2, -0.15) is 0 Å². The quantitative estimate of drug-likeness (QED) is 0.892. The van der Waals surface area contributed by atoms with Gasteiger partial charge in [0.05, 0.1) is 0 Å². The number of aromatic hydroxyl groups is 1. The molecule has 0 unspecified atom stereocenters. The summed E-state index contributed by atoms with van der Waals surface area (Å²) in [4.78, 5) is 26.8. The zero-order valence-corrected chi connectivity index (χ0v) is 15.2. The van der Waals surface area contributed by atoms with Crippen molar-refractivity contribution in [2.75, 3.05) is 13.1 Å². The first-order chi connectivity index (χ1) is 12.4. The second kappa shape index (κ2) is 7.60. The summed E-state index contributed by atoms with van der Waals surface area (Å²) in [5.74, 6) is -0.0721. The van der Waals surface area contributed by atoms with Crippen LogP contribution in [-0.4, -0.2) is 41.0 Å². The van der Waals surface area contributed by atoms with Gasteiger partial charge in [0.15, 0.2) is 0 Å². The molecular weight excluding hydrogens is 328 g/mol. The lowest BCUT2D eigenvalue weighted by molar-refractivity contribution is 0.0698. The number of hydrogen-bond donors (Lipinski definition) is 2. The minimum atomic E-state index is -0.195. The SMILES string of the molecule is Cc1ccc(C(=O)N2CCC(NC(=O)c3cccc(O)c3)CC2)cc1C. The maximum absolute atomic E-state index is 12.7. The van der Waals surface area contributed by atoms with Crippen LogP contribution in [0.2, 0.25) is 0 Å². The van der Waals surface area contributed by atoms with Crippen molar-refractivity contribution in [2.24, 2.45) is 0 Å². The number of rotatable bonds is 3. The number of nitrogens with zero attached hydrogens (tertiary/aromatic N) is 1. The number of aryl methyl sites for hydroxylation is 2. The predicted molar refractivity (Wildman–Crippen MR) is 100 cm³/mol. The Labute approximate surface area is 153 Å². The molecule has 0 saturated carbocycles. The van der Waals surface area contributed by atoms with Gasteiger partial charge in [0.2, 0.25) is 0 Å². The van der Waals surface area contributed by atoms with Crippen molar-refractivity contribution in [1.82, 2.24) is 10.2 Å². The van der Waals surface area contributed by atoms with Gasteiger partial charge < -0.3 is 15.3 Å². The lowest BCUT2D eigenvalue weighted by Gasteiger charge is -2.32. The second-order valence-corrected chi connectivity index (χ2v) is 6.89. The Balaban J connectivity index is 1.56. The molecule has 2 aromatic rings. The lowest BCUT2D eigenvalue weighted by atomic mass is 10.0. The number of hydrogen-bond acceptors (Lipinski definition) is 3. The van der Waals surface area contributed by atoms with E-state index in [2.05, 4.69) is 5.32 Å². The van der Waals surface area contributed by atoms with E-state index in [4.69, 9.17) is 0 Å². The average molecular weight is 352 g/mol. The largest absolute Gasteiger partial charge is 0.508 e. The summed E-state index contributed by atoms with van der Waals surface area (Å²) in [5, 5.41) is 12.5. The summed E-state index contributed by atoms with van der Waals surface area (Å²) < 4.78 is 0. The van der Waals surface area contributed by atoms with Gasteiger partial charge in [-0.05, 0) is 68.1 Å². The third-order valence-corrected chi connectivity index (χ3v) is 4.98. The minimum absolute atomic E-state index is 0.0358. The summed E-state index contributed by atoms with van der Waals surface area (Å²) in [5.41, 5.74) is 3.45. The fourth-order valence-electron chi connectivity index (χ4n) is 3.20. The summed E-state index contributed by atoms with van der Waals surface area (Å²) in [6.07, 6.45) is 1.45. The number of nitrogens with one attached hydrogen (secondary N) is 1. The van der Waals surface area contributed by atoms with Gasteiger partial charge in [0, 0.05) is 30.3 Å². The Morgan fingerprint density at radius 3 is 2.38 bits per heavy atom. The summed E-state index contributed by atoms with van der Waals surface area (Å²) >= 11 is 0.